The summed E-state index contributed by atoms with van der Waals surface area (Å²) < 4.78 is 26.5. The van der Waals surface area contributed by atoms with E-state index in [4.69, 9.17) is 0 Å². The van der Waals surface area contributed by atoms with Crippen LogP contribution in [0.1, 0.15) is 11.1 Å². The zero-order chi connectivity index (χ0) is 20.7. The summed E-state index contributed by atoms with van der Waals surface area (Å²) in [7, 11) is -0.128. The quantitative estimate of drug-likeness (QED) is 0.421. The molecule has 0 radical (unpaired) electrons. The van der Waals surface area contributed by atoms with Crippen LogP contribution < -0.4 is 0 Å². The van der Waals surface area contributed by atoms with Gasteiger partial charge in [-0.1, -0.05) is 0 Å². The zero-order valence-corrected chi connectivity index (χ0v) is 20.0. The van der Waals surface area contributed by atoms with Crippen LogP contribution in [0.2, 0.25) is 0 Å². The number of rotatable bonds is 10. The van der Waals surface area contributed by atoms with E-state index in [1.807, 2.05) is 60.7 Å². The molecule has 2 aromatic rings. The molecule has 0 N–H and O–H groups in total. The third-order valence-electron chi connectivity index (χ3n) is 3.92. The van der Waals surface area contributed by atoms with Crippen molar-refractivity contribution in [2.45, 2.75) is 0 Å². The molecule has 2 rings (SSSR count). The average molecular weight is 528 g/mol. The molecule has 8 heteroatoms. The summed E-state index contributed by atoms with van der Waals surface area (Å²) in [6.07, 6.45) is 0. The van der Waals surface area contributed by atoms with Crippen LogP contribution in [0.5, 0.6) is 0 Å². The van der Waals surface area contributed by atoms with E-state index in [1.165, 1.54) is 0 Å². The predicted molar refractivity (Wildman–Crippen MR) is 117 cm³/mol. The second kappa shape index (κ2) is 10.3. The Morgan fingerprint density at radius 3 is 1.71 bits per heavy atom. The molecule has 0 spiro atoms. The first-order valence-corrected chi connectivity index (χ1v) is 12.1. The van der Waals surface area contributed by atoms with E-state index in [0.29, 0.717) is 0 Å². The first kappa shape index (κ1) is 22.7. The summed E-state index contributed by atoms with van der Waals surface area (Å²) >= 11 is 5.86. The maximum atomic E-state index is 12.5. The van der Waals surface area contributed by atoms with Crippen LogP contribution in [-0.4, -0.2) is 96.5 Å². The van der Waals surface area contributed by atoms with Gasteiger partial charge in [0, 0.05) is 0 Å². The van der Waals surface area contributed by atoms with Crippen molar-refractivity contribution in [3.63, 3.8) is 0 Å². The molecule has 2 aromatic carbocycles. The second-order valence-electron chi connectivity index (χ2n) is 6.45. The fourth-order valence-corrected chi connectivity index (χ4v) is 5.05. The average Bonchev–Trinajstić information content (AvgIpc) is 2.67. The van der Waals surface area contributed by atoms with Gasteiger partial charge in [0.25, 0.3) is 0 Å². The Morgan fingerprint density at radius 1 is 0.821 bits per heavy atom. The molecule has 28 heavy (non-hydrogen) atoms. The molecule has 0 unspecified atom stereocenters. The number of hydrogen-bond acceptors (Lipinski definition) is 5. The van der Waals surface area contributed by atoms with E-state index in [2.05, 4.69) is 31.2 Å². The third-order valence-corrected chi connectivity index (χ3v) is 7.76. The van der Waals surface area contributed by atoms with E-state index in [1.54, 1.807) is 23.9 Å². The number of benzene rings is 2. The molecule has 0 amide bonds. The maximum absolute atomic E-state index is 12.5. The Bertz CT molecular complexity index is 948. The normalized spacial score (nSPS) is 10.9. The molecule has 0 aromatic heterocycles. The summed E-state index contributed by atoms with van der Waals surface area (Å²) in [5.41, 5.74) is 1.85. The summed E-state index contributed by atoms with van der Waals surface area (Å²) in [6, 6.07) is 19.0. The minimum absolute atomic E-state index is 0.0215. The molecule has 0 aliphatic rings. The van der Waals surface area contributed by atoms with Gasteiger partial charge in [-0.15, -0.1) is 0 Å². The van der Waals surface area contributed by atoms with Crippen LogP contribution in [0.4, 0.5) is 0 Å². The third kappa shape index (κ3) is 6.80. The van der Waals surface area contributed by atoms with E-state index < -0.39 is 15.6 Å². The Kier molecular flexibility index (Phi) is 8.35. The van der Waals surface area contributed by atoms with Crippen molar-refractivity contribution in [1.82, 2.24) is 9.80 Å². The van der Waals surface area contributed by atoms with Crippen molar-refractivity contribution in [1.29, 1.82) is 0 Å². The van der Waals surface area contributed by atoms with Gasteiger partial charge in [0.2, 0.25) is 0 Å². The number of carbonyl (C=O) groups excluding carboxylic acids is 1. The molecular weight excluding hydrogens is 506 g/mol. The van der Waals surface area contributed by atoms with E-state index >= 15 is 0 Å². The summed E-state index contributed by atoms with van der Waals surface area (Å²) in [5.74, 6) is -1.07. The molecule has 148 valence electrons. The van der Waals surface area contributed by atoms with Crippen molar-refractivity contribution in [2.75, 3.05) is 32.3 Å². The van der Waals surface area contributed by atoms with Gasteiger partial charge in [0.15, 0.2) is 0 Å². The number of sulfone groups is 1. The Labute approximate surface area is 182 Å². The fraction of sp³-hybridized carbons (Fsp3) is 0.250. The zero-order valence-electron chi connectivity index (χ0n) is 15.7. The summed E-state index contributed by atoms with van der Waals surface area (Å²) in [4.78, 5) is 15.7. The van der Waals surface area contributed by atoms with Gasteiger partial charge in [-0.3, -0.25) is 0 Å². The van der Waals surface area contributed by atoms with Gasteiger partial charge in [-0.25, -0.2) is 0 Å². The van der Waals surface area contributed by atoms with Crippen LogP contribution in [-0.2, 0) is 14.6 Å². The Morgan fingerprint density at radius 2 is 1.25 bits per heavy atom. The molecular formula is C20H22N2O3SSe2. The van der Waals surface area contributed by atoms with Gasteiger partial charge in [-0.05, 0) is 0 Å². The first-order chi connectivity index (χ1) is 13.2. The number of carbonyl (C=O) groups is 1. The van der Waals surface area contributed by atoms with E-state index in [-0.39, 0.29) is 18.2 Å². The van der Waals surface area contributed by atoms with Crippen LogP contribution in [0.15, 0.2) is 60.7 Å². The molecule has 0 bridgehead atoms. The van der Waals surface area contributed by atoms with Crippen LogP contribution >= 0.6 is 0 Å². The fourth-order valence-electron chi connectivity index (χ4n) is 2.63. The SMILES string of the molecule is CN(CC(=O)CS(=O)(=O)CN(C)C(=[Se])c1ccccc1)C(=[Se])c1ccccc1. The van der Waals surface area contributed by atoms with Crippen LogP contribution in [0.3, 0.4) is 0 Å². The number of likely N-dealkylation sites (N-methyl/N-ethyl adjacent to an activating group) is 1. The topological polar surface area (TPSA) is 57.7 Å². The standard InChI is InChI=1S/C20H22N2O3SSe2/c1-21(19(27)16-9-5-3-6-10-16)13-18(23)14-26(24,25)15-22(2)20(28)17-11-7-4-8-12-17/h3-12H,13-15H2,1-2H3. The van der Waals surface area contributed by atoms with Gasteiger partial charge in [0.1, 0.15) is 0 Å². The molecule has 0 fully saturated rings. The van der Waals surface area contributed by atoms with Crippen molar-refractivity contribution in [3.05, 3.63) is 71.8 Å². The Hall–Kier alpha value is -1.56. The van der Waals surface area contributed by atoms with Crippen molar-refractivity contribution in [2.24, 2.45) is 0 Å². The van der Waals surface area contributed by atoms with Crippen LogP contribution in [0.25, 0.3) is 0 Å². The molecule has 0 heterocycles. The Balaban J connectivity index is 1.93. The first-order valence-electron chi connectivity index (χ1n) is 8.53. The minimum atomic E-state index is -3.58. The summed E-state index contributed by atoms with van der Waals surface area (Å²) in [5, 5.41) is 0. The van der Waals surface area contributed by atoms with Crippen LogP contribution in [0, 0.1) is 0 Å². The molecule has 0 saturated carbocycles. The number of Topliss-reactive ketones (excluding diaryl/α,β-unsaturated/α-hetero) is 1. The van der Waals surface area contributed by atoms with E-state index in [0.717, 1.165) is 20.2 Å². The monoisotopic (exact) mass is 530 g/mol. The van der Waals surface area contributed by atoms with Gasteiger partial charge >= 0.3 is 183 Å². The van der Waals surface area contributed by atoms with Gasteiger partial charge in [0.05, 0.1) is 0 Å². The van der Waals surface area contributed by atoms with Crippen molar-refractivity contribution < 1.29 is 13.2 Å². The van der Waals surface area contributed by atoms with Gasteiger partial charge in [-0.2, -0.15) is 0 Å². The van der Waals surface area contributed by atoms with Crippen molar-refractivity contribution >= 4 is 55.9 Å². The second-order valence-corrected chi connectivity index (χ2v) is 10.1. The molecule has 0 aliphatic carbocycles. The number of ketones is 1. The molecule has 0 aliphatic heterocycles. The number of nitrogens with zero attached hydrogens (tertiary/aromatic N) is 2. The van der Waals surface area contributed by atoms with E-state index in [9.17, 15) is 13.2 Å². The predicted octanol–water partition coefficient (Wildman–Crippen LogP) is 0.485. The molecule has 5 nitrogen and oxygen atoms in total. The van der Waals surface area contributed by atoms with Crippen molar-refractivity contribution in [3.8, 4) is 0 Å². The summed E-state index contributed by atoms with van der Waals surface area (Å²) in [6.45, 7) is 0.0215. The molecule has 0 atom stereocenters. The van der Waals surface area contributed by atoms with Gasteiger partial charge < -0.3 is 0 Å². The molecule has 0 saturated heterocycles. The number of hydrogen-bond donors (Lipinski definition) is 0.